The summed E-state index contributed by atoms with van der Waals surface area (Å²) in [6.45, 7) is 1.30. The number of amides is 3. The van der Waals surface area contributed by atoms with Gasteiger partial charge in [0.2, 0.25) is 5.91 Å². The number of rotatable bonds is 2. The minimum Gasteiger partial charge on any atom is -0.336 e. The van der Waals surface area contributed by atoms with E-state index in [4.69, 9.17) is 11.6 Å². The van der Waals surface area contributed by atoms with E-state index in [9.17, 15) is 9.59 Å². The van der Waals surface area contributed by atoms with Crippen LogP contribution in [-0.4, -0.2) is 52.4 Å². The van der Waals surface area contributed by atoms with Crippen molar-refractivity contribution in [2.75, 3.05) is 25.0 Å². The number of nitrogens with one attached hydrogen (secondary N) is 1. The van der Waals surface area contributed by atoms with Crippen LogP contribution in [0.5, 0.6) is 0 Å². The van der Waals surface area contributed by atoms with Crippen molar-refractivity contribution in [1.82, 2.24) is 14.8 Å². The number of aromatic nitrogens is 1. The van der Waals surface area contributed by atoms with Crippen molar-refractivity contribution in [2.24, 2.45) is 0 Å². The highest BCUT2D eigenvalue weighted by atomic mass is 35.5. The van der Waals surface area contributed by atoms with Gasteiger partial charge in [-0.25, -0.2) is 4.79 Å². The Kier molecular flexibility index (Phi) is 4.68. The van der Waals surface area contributed by atoms with Crippen LogP contribution >= 0.6 is 11.6 Å². The van der Waals surface area contributed by atoms with E-state index in [-0.39, 0.29) is 18.5 Å². The highest BCUT2D eigenvalue weighted by Gasteiger charge is 2.33. The number of urea groups is 1. The molecule has 4 rings (SSSR count). The number of hydrogen-bond acceptors (Lipinski definition) is 3. The normalized spacial score (nSPS) is 18.6. The van der Waals surface area contributed by atoms with Gasteiger partial charge in [0, 0.05) is 30.7 Å². The number of carbonyl (C=O) groups excluding carboxylic acids is 2. The Hall–Kier alpha value is -2.34. The number of anilines is 1. The van der Waals surface area contributed by atoms with Crippen LogP contribution in [0.3, 0.4) is 0 Å². The maximum atomic E-state index is 12.7. The molecule has 0 radical (unpaired) electrons. The Morgan fingerprint density at radius 3 is 2.77 bits per heavy atom. The lowest BCUT2D eigenvalue weighted by atomic mass is 10.1. The molecule has 0 unspecified atom stereocenters. The molecular weight excluding hydrogens is 352 g/mol. The van der Waals surface area contributed by atoms with Gasteiger partial charge in [0.25, 0.3) is 0 Å². The van der Waals surface area contributed by atoms with Crippen molar-refractivity contribution in [3.8, 4) is 0 Å². The summed E-state index contributed by atoms with van der Waals surface area (Å²) in [6, 6.07) is 7.25. The third-order valence-electron chi connectivity index (χ3n) is 5.27. The highest BCUT2D eigenvalue weighted by Crippen LogP contribution is 2.29. The summed E-state index contributed by atoms with van der Waals surface area (Å²) < 4.78 is 0. The van der Waals surface area contributed by atoms with Crippen LogP contribution in [-0.2, 0) is 4.79 Å². The molecule has 2 heterocycles. The number of halogens is 1. The van der Waals surface area contributed by atoms with Crippen molar-refractivity contribution in [3.63, 3.8) is 0 Å². The average Bonchev–Trinajstić information content (AvgIpc) is 3.18. The molecule has 1 aromatic heterocycles. The van der Waals surface area contributed by atoms with Gasteiger partial charge in [0.15, 0.2) is 0 Å². The fourth-order valence-electron chi connectivity index (χ4n) is 3.90. The molecule has 3 amide bonds. The summed E-state index contributed by atoms with van der Waals surface area (Å²) in [7, 11) is 0. The Balaban J connectivity index is 1.46. The first-order chi connectivity index (χ1) is 12.6. The molecule has 1 aliphatic heterocycles. The first-order valence-corrected chi connectivity index (χ1v) is 9.40. The number of piperazine rings is 1. The van der Waals surface area contributed by atoms with Gasteiger partial charge in [-0.2, -0.15) is 0 Å². The molecule has 0 bridgehead atoms. The standard InChI is InChI=1S/C19H21ClN4O2/c20-15-7-8-16(14-6-3-9-21-18(14)15)22-19(26)23-10-11-24(17(25)12-23)13-4-1-2-5-13/h3,6-9,13H,1-2,4-5,10-12H2,(H,22,26). The van der Waals surface area contributed by atoms with Crippen LogP contribution in [0.1, 0.15) is 25.7 Å². The molecular formula is C19H21ClN4O2. The summed E-state index contributed by atoms with van der Waals surface area (Å²) in [5, 5.41) is 4.23. The van der Waals surface area contributed by atoms with E-state index in [0.29, 0.717) is 35.4 Å². The molecule has 1 N–H and O–H groups in total. The predicted octanol–water partition coefficient (Wildman–Crippen LogP) is 3.51. The van der Waals surface area contributed by atoms with E-state index < -0.39 is 0 Å². The molecule has 2 aliphatic rings. The minimum atomic E-state index is -0.267. The molecule has 2 fully saturated rings. The molecule has 7 heteroatoms. The molecule has 1 saturated heterocycles. The van der Waals surface area contributed by atoms with Crippen LogP contribution in [0.4, 0.5) is 10.5 Å². The number of fused-ring (bicyclic) bond motifs is 1. The maximum Gasteiger partial charge on any atom is 0.322 e. The van der Waals surface area contributed by atoms with Crippen LogP contribution in [0.15, 0.2) is 30.5 Å². The molecule has 0 atom stereocenters. The molecule has 26 heavy (non-hydrogen) atoms. The molecule has 1 saturated carbocycles. The predicted molar refractivity (Wildman–Crippen MR) is 101 cm³/mol. The molecule has 1 aliphatic carbocycles. The summed E-state index contributed by atoms with van der Waals surface area (Å²) in [4.78, 5) is 32.9. The second-order valence-corrected chi connectivity index (χ2v) is 7.28. The number of pyridine rings is 1. The first kappa shape index (κ1) is 17.1. The van der Waals surface area contributed by atoms with Gasteiger partial charge in [-0.15, -0.1) is 0 Å². The van der Waals surface area contributed by atoms with Crippen LogP contribution in [0.2, 0.25) is 5.02 Å². The van der Waals surface area contributed by atoms with Gasteiger partial charge < -0.3 is 15.1 Å². The van der Waals surface area contributed by atoms with Crippen LogP contribution < -0.4 is 5.32 Å². The van der Waals surface area contributed by atoms with Crippen molar-refractivity contribution in [2.45, 2.75) is 31.7 Å². The monoisotopic (exact) mass is 372 g/mol. The molecule has 6 nitrogen and oxygen atoms in total. The van der Waals surface area contributed by atoms with Gasteiger partial charge in [-0.05, 0) is 37.1 Å². The quantitative estimate of drug-likeness (QED) is 0.877. The highest BCUT2D eigenvalue weighted by molar-refractivity contribution is 6.35. The molecule has 136 valence electrons. The van der Waals surface area contributed by atoms with E-state index in [0.717, 1.165) is 18.2 Å². The van der Waals surface area contributed by atoms with Crippen LogP contribution in [0.25, 0.3) is 10.9 Å². The average molecular weight is 373 g/mol. The third kappa shape index (κ3) is 3.21. The Bertz CT molecular complexity index is 851. The van der Waals surface area contributed by atoms with Gasteiger partial charge >= 0.3 is 6.03 Å². The zero-order valence-electron chi connectivity index (χ0n) is 14.4. The first-order valence-electron chi connectivity index (χ1n) is 9.02. The van der Waals surface area contributed by atoms with Gasteiger partial charge in [-0.1, -0.05) is 24.4 Å². The number of nitrogens with zero attached hydrogens (tertiary/aromatic N) is 3. The van der Waals surface area contributed by atoms with E-state index in [1.807, 2.05) is 11.0 Å². The lowest BCUT2D eigenvalue weighted by Crippen LogP contribution is -2.55. The second-order valence-electron chi connectivity index (χ2n) is 6.87. The topological polar surface area (TPSA) is 65.5 Å². The molecule has 1 aromatic carbocycles. The van der Waals surface area contributed by atoms with Crippen molar-refractivity contribution >= 4 is 40.1 Å². The van der Waals surface area contributed by atoms with E-state index in [2.05, 4.69) is 10.3 Å². The lowest BCUT2D eigenvalue weighted by Gasteiger charge is -2.37. The summed E-state index contributed by atoms with van der Waals surface area (Å²) in [5.74, 6) is 0.0425. The van der Waals surface area contributed by atoms with Gasteiger partial charge in [-0.3, -0.25) is 9.78 Å². The summed E-state index contributed by atoms with van der Waals surface area (Å²) in [6.07, 6.45) is 6.22. The third-order valence-corrected chi connectivity index (χ3v) is 5.58. The fraction of sp³-hybridized carbons (Fsp3) is 0.421. The SMILES string of the molecule is O=C(Nc1ccc(Cl)c2ncccc12)N1CCN(C2CCCC2)C(=O)C1. The number of benzene rings is 1. The summed E-state index contributed by atoms with van der Waals surface area (Å²) >= 11 is 6.18. The largest absolute Gasteiger partial charge is 0.336 e. The Morgan fingerprint density at radius 2 is 2.00 bits per heavy atom. The van der Waals surface area contributed by atoms with E-state index in [1.54, 1.807) is 29.3 Å². The smallest absolute Gasteiger partial charge is 0.322 e. The van der Waals surface area contributed by atoms with Crippen molar-refractivity contribution in [1.29, 1.82) is 0 Å². The summed E-state index contributed by atoms with van der Waals surface area (Å²) in [5.41, 5.74) is 1.29. The van der Waals surface area contributed by atoms with Crippen molar-refractivity contribution in [3.05, 3.63) is 35.5 Å². The van der Waals surface area contributed by atoms with Gasteiger partial charge in [0.1, 0.15) is 6.54 Å². The zero-order chi connectivity index (χ0) is 18.1. The minimum absolute atomic E-state index is 0.0425. The lowest BCUT2D eigenvalue weighted by molar-refractivity contribution is -0.137. The molecule has 0 spiro atoms. The Labute approximate surface area is 157 Å². The number of hydrogen-bond donors (Lipinski definition) is 1. The van der Waals surface area contributed by atoms with E-state index in [1.165, 1.54) is 12.8 Å². The fourth-order valence-corrected chi connectivity index (χ4v) is 4.12. The van der Waals surface area contributed by atoms with Gasteiger partial charge in [0.05, 0.1) is 16.2 Å². The van der Waals surface area contributed by atoms with Crippen molar-refractivity contribution < 1.29 is 9.59 Å². The Morgan fingerprint density at radius 1 is 1.19 bits per heavy atom. The number of carbonyl (C=O) groups is 2. The molecule has 2 aromatic rings. The van der Waals surface area contributed by atoms with E-state index >= 15 is 0 Å². The maximum absolute atomic E-state index is 12.7. The van der Waals surface area contributed by atoms with Crippen LogP contribution in [0, 0.1) is 0 Å². The zero-order valence-corrected chi connectivity index (χ0v) is 15.2. The second kappa shape index (κ2) is 7.11.